The van der Waals surface area contributed by atoms with Crippen molar-refractivity contribution in [2.24, 2.45) is 0 Å². The van der Waals surface area contributed by atoms with E-state index >= 15 is 0 Å². The predicted octanol–water partition coefficient (Wildman–Crippen LogP) is 2.25. The summed E-state index contributed by atoms with van der Waals surface area (Å²) < 4.78 is 10.4. The molecule has 0 saturated carbocycles. The average molecular weight is 292 g/mol. The molecule has 0 bridgehead atoms. The van der Waals surface area contributed by atoms with Crippen molar-refractivity contribution in [3.8, 4) is 0 Å². The zero-order valence-electron chi connectivity index (χ0n) is 12.2. The quantitative estimate of drug-likeness (QED) is 0.361. The van der Waals surface area contributed by atoms with Crippen LogP contribution >= 0.6 is 0 Å². The van der Waals surface area contributed by atoms with Gasteiger partial charge in [-0.25, -0.2) is 9.59 Å². The lowest BCUT2D eigenvalue weighted by molar-refractivity contribution is 0.0443. The van der Waals surface area contributed by atoms with Crippen LogP contribution in [0.2, 0.25) is 6.04 Å². The molecule has 1 aromatic rings. The van der Waals surface area contributed by atoms with Crippen molar-refractivity contribution in [2.45, 2.75) is 45.3 Å². The van der Waals surface area contributed by atoms with E-state index in [1.165, 1.54) is 0 Å². The minimum Gasteiger partial charge on any atom is -0.419 e. The van der Waals surface area contributed by atoms with Gasteiger partial charge >= 0.3 is 11.9 Å². The molecule has 0 saturated heterocycles. The van der Waals surface area contributed by atoms with Crippen LogP contribution in [0.15, 0.2) is 18.2 Å². The van der Waals surface area contributed by atoms with Gasteiger partial charge in [0.05, 0.1) is 11.1 Å². The number of carbonyl (C=O) groups excluding carboxylic acids is 2. The van der Waals surface area contributed by atoms with Gasteiger partial charge in [0.15, 0.2) is 9.76 Å². The minimum atomic E-state index is -0.539. The van der Waals surface area contributed by atoms with E-state index in [4.69, 9.17) is 4.43 Å². The van der Waals surface area contributed by atoms with E-state index in [1.807, 2.05) is 6.07 Å². The van der Waals surface area contributed by atoms with Gasteiger partial charge in [-0.2, -0.15) is 0 Å². The van der Waals surface area contributed by atoms with Crippen molar-refractivity contribution >= 4 is 21.7 Å². The third-order valence-corrected chi connectivity index (χ3v) is 4.96. The molecule has 0 amide bonds. The second-order valence-corrected chi connectivity index (χ2v) is 7.38. The highest BCUT2D eigenvalue weighted by molar-refractivity contribution is 6.27. The Hall–Kier alpha value is -1.46. The lowest BCUT2D eigenvalue weighted by Crippen LogP contribution is -2.21. The van der Waals surface area contributed by atoms with Crippen LogP contribution in [0.25, 0.3) is 0 Å². The maximum atomic E-state index is 11.5. The van der Waals surface area contributed by atoms with E-state index in [1.54, 1.807) is 12.1 Å². The number of cyclic esters (lactones) is 2. The molecule has 4 nitrogen and oxygen atoms in total. The monoisotopic (exact) mass is 292 g/mol. The summed E-state index contributed by atoms with van der Waals surface area (Å²) in [5.41, 5.74) is 1.81. The number of carbonyl (C=O) groups is 2. The molecule has 2 rings (SSSR count). The standard InChI is InChI=1S/C15H20O4Si/c1-15(2,3)19-20-8-4-5-10-6-7-11-12(9-10)14(17)18-13(11)16/h6-7,9H,4-5,8,20H2,1-3H3. The highest BCUT2D eigenvalue weighted by Gasteiger charge is 2.29. The Labute approximate surface area is 121 Å². The van der Waals surface area contributed by atoms with Crippen LogP contribution in [0.1, 0.15) is 53.5 Å². The molecule has 0 N–H and O–H groups in total. The Morgan fingerprint density at radius 3 is 2.55 bits per heavy atom. The van der Waals surface area contributed by atoms with Crippen molar-refractivity contribution < 1.29 is 18.8 Å². The fourth-order valence-corrected chi connectivity index (χ4v) is 3.31. The Kier molecular flexibility index (Phi) is 4.40. The number of hydrogen-bond donors (Lipinski definition) is 0. The Morgan fingerprint density at radius 1 is 1.15 bits per heavy atom. The number of benzene rings is 1. The van der Waals surface area contributed by atoms with Gasteiger partial charge in [-0.05, 0) is 50.9 Å². The van der Waals surface area contributed by atoms with Gasteiger partial charge in [-0.3, -0.25) is 0 Å². The molecule has 108 valence electrons. The summed E-state index contributed by atoms with van der Waals surface area (Å²) in [6, 6.07) is 6.46. The third-order valence-electron chi connectivity index (χ3n) is 3.10. The number of rotatable bonds is 5. The predicted molar refractivity (Wildman–Crippen MR) is 78.7 cm³/mol. The van der Waals surface area contributed by atoms with E-state index in [0.29, 0.717) is 11.1 Å². The molecular weight excluding hydrogens is 272 g/mol. The zero-order chi connectivity index (χ0) is 14.8. The second kappa shape index (κ2) is 5.89. The van der Waals surface area contributed by atoms with E-state index < -0.39 is 21.7 Å². The number of aryl methyl sites for hydroxylation is 1. The molecule has 0 unspecified atom stereocenters. The fourth-order valence-electron chi connectivity index (χ4n) is 2.10. The molecule has 0 fully saturated rings. The fraction of sp³-hybridized carbons (Fsp3) is 0.467. The van der Waals surface area contributed by atoms with Crippen molar-refractivity contribution in [1.82, 2.24) is 0 Å². The zero-order valence-corrected chi connectivity index (χ0v) is 13.6. The summed E-state index contributed by atoms with van der Waals surface area (Å²) in [4.78, 5) is 22.8. The van der Waals surface area contributed by atoms with Gasteiger partial charge in [0.25, 0.3) is 0 Å². The van der Waals surface area contributed by atoms with Crippen LogP contribution < -0.4 is 0 Å². The molecule has 0 aromatic heterocycles. The van der Waals surface area contributed by atoms with Gasteiger partial charge in [-0.15, -0.1) is 0 Å². The summed E-state index contributed by atoms with van der Waals surface area (Å²) in [7, 11) is -0.484. The van der Waals surface area contributed by atoms with Gasteiger partial charge < -0.3 is 9.16 Å². The summed E-state index contributed by atoms with van der Waals surface area (Å²) in [5, 5.41) is 0. The number of fused-ring (bicyclic) bond motifs is 1. The largest absolute Gasteiger partial charge is 0.419 e. The average Bonchev–Trinajstić information content (AvgIpc) is 2.63. The molecule has 0 atom stereocenters. The lowest BCUT2D eigenvalue weighted by atomic mass is 10.0. The molecule has 0 spiro atoms. The van der Waals surface area contributed by atoms with E-state index in [-0.39, 0.29) is 5.60 Å². The van der Waals surface area contributed by atoms with Crippen LogP contribution in [-0.2, 0) is 15.6 Å². The van der Waals surface area contributed by atoms with Crippen molar-refractivity contribution in [3.05, 3.63) is 34.9 Å². The van der Waals surface area contributed by atoms with Gasteiger partial charge in [0, 0.05) is 5.60 Å². The molecule has 1 aliphatic heterocycles. The van der Waals surface area contributed by atoms with Crippen LogP contribution in [0.4, 0.5) is 0 Å². The third kappa shape index (κ3) is 3.77. The van der Waals surface area contributed by atoms with Crippen LogP contribution in [-0.4, -0.2) is 27.3 Å². The maximum absolute atomic E-state index is 11.5. The molecule has 5 heteroatoms. The SMILES string of the molecule is CC(C)(C)O[SiH2]CCCc1ccc2c(c1)C(=O)OC2=O. The van der Waals surface area contributed by atoms with Crippen molar-refractivity contribution in [2.75, 3.05) is 0 Å². The molecule has 1 aromatic carbocycles. The first-order valence-corrected chi connectivity index (χ1v) is 8.48. The molecule has 20 heavy (non-hydrogen) atoms. The van der Waals surface area contributed by atoms with E-state index in [0.717, 1.165) is 24.4 Å². The summed E-state index contributed by atoms with van der Waals surface area (Å²) >= 11 is 0. The van der Waals surface area contributed by atoms with Gasteiger partial charge in [0.1, 0.15) is 0 Å². The van der Waals surface area contributed by atoms with Gasteiger partial charge in [-0.1, -0.05) is 12.5 Å². The summed E-state index contributed by atoms with van der Waals surface area (Å²) in [5.74, 6) is -1.07. The molecular formula is C15H20O4Si. The van der Waals surface area contributed by atoms with Gasteiger partial charge in [0.2, 0.25) is 0 Å². The molecule has 0 aliphatic carbocycles. The molecule has 0 radical (unpaired) electrons. The van der Waals surface area contributed by atoms with Crippen molar-refractivity contribution in [1.29, 1.82) is 0 Å². The Morgan fingerprint density at radius 2 is 1.85 bits per heavy atom. The lowest BCUT2D eigenvalue weighted by Gasteiger charge is -2.19. The smallest absolute Gasteiger partial charge is 0.346 e. The Bertz CT molecular complexity index is 531. The van der Waals surface area contributed by atoms with Crippen LogP contribution in [0.3, 0.4) is 0 Å². The Balaban J connectivity index is 1.85. The first-order valence-electron chi connectivity index (χ1n) is 6.90. The highest BCUT2D eigenvalue weighted by Crippen LogP contribution is 2.22. The van der Waals surface area contributed by atoms with Crippen molar-refractivity contribution in [3.63, 3.8) is 0 Å². The molecule has 1 heterocycles. The normalized spacial score (nSPS) is 14.9. The number of hydrogen-bond acceptors (Lipinski definition) is 4. The van der Waals surface area contributed by atoms with Crippen LogP contribution in [0, 0.1) is 0 Å². The summed E-state index contributed by atoms with van der Waals surface area (Å²) in [6.45, 7) is 6.22. The second-order valence-electron chi connectivity index (χ2n) is 5.97. The number of esters is 2. The summed E-state index contributed by atoms with van der Waals surface area (Å²) in [6.07, 6.45) is 1.94. The maximum Gasteiger partial charge on any atom is 0.346 e. The highest BCUT2D eigenvalue weighted by atomic mass is 28.2. The first-order chi connectivity index (χ1) is 9.37. The molecule has 1 aliphatic rings. The van der Waals surface area contributed by atoms with E-state index in [9.17, 15) is 9.59 Å². The first kappa shape index (κ1) is 14.9. The minimum absolute atomic E-state index is 0.0378. The topological polar surface area (TPSA) is 52.6 Å². The van der Waals surface area contributed by atoms with E-state index in [2.05, 4.69) is 25.5 Å². The van der Waals surface area contributed by atoms with Crippen LogP contribution in [0.5, 0.6) is 0 Å². The number of ether oxygens (including phenoxy) is 1.